The van der Waals surface area contributed by atoms with Crippen LogP contribution in [0, 0.1) is 5.92 Å². The van der Waals surface area contributed by atoms with Gasteiger partial charge in [0.05, 0.1) is 16.6 Å². The van der Waals surface area contributed by atoms with Crippen LogP contribution in [0.1, 0.15) is 47.6 Å². The van der Waals surface area contributed by atoms with E-state index >= 15 is 0 Å². The second-order valence-electron chi connectivity index (χ2n) is 7.71. The van der Waals surface area contributed by atoms with E-state index in [1.807, 2.05) is 18.2 Å². The number of likely N-dealkylation sites (N-methyl/N-ethyl adjacent to an activating group) is 1. The van der Waals surface area contributed by atoms with E-state index in [2.05, 4.69) is 34.4 Å². The average Bonchev–Trinajstić information content (AvgIpc) is 2.69. The molecule has 2 bridgehead atoms. The van der Waals surface area contributed by atoms with Gasteiger partial charge in [-0.1, -0.05) is 53.5 Å². The molecule has 1 aliphatic carbocycles. The van der Waals surface area contributed by atoms with Crippen molar-refractivity contribution in [3.05, 3.63) is 63.9 Å². The van der Waals surface area contributed by atoms with Crippen molar-refractivity contribution in [2.45, 2.75) is 37.3 Å². The minimum atomic E-state index is -0.214. The van der Waals surface area contributed by atoms with E-state index in [1.54, 1.807) is 6.07 Å². The second kappa shape index (κ2) is 7.42. The van der Waals surface area contributed by atoms with Crippen LogP contribution in [0.2, 0.25) is 10.2 Å². The molecule has 3 heterocycles. The van der Waals surface area contributed by atoms with Crippen molar-refractivity contribution in [2.24, 2.45) is 5.92 Å². The summed E-state index contributed by atoms with van der Waals surface area (Å²) in [6.07, 6.45) is 6.10. The van der Waals surface area contributed by atoms with E-state index in [1.165, 1.54) is 19.0 Å². The number of fused-ring (bicyclic) bond motifs is 3. The van der Waals surface area contributed by atoms with E-state index in [-0.39, 0.29) is 27.7 Å². The standard InChI is InChI=1S/C21H23Cl2N3O/c1-26-13-14-7-10-21(26,11-8-14)18(15-5-3-2-4-6-15)25-20(27)16-9-12-24-19(23)17(16)22/h2-6,9,12,14,18H,7-8,10-11,13H2,1H3,(H,25,27)/t14?,18-,21?/m1/s1. The maximum absolute atomic E-state index is 13.1. The van der Waals surface area contributed by atoms with Crippen LogP contribution in [0.5, 0.6) is 0 Å². The first-order chi connectivity index (χ1) is 13.0. The van der Waals surface area contributed by atoms with Crippen molar-refractivity contribution in [3.8, 4) is 0 Å². The molecule has 0 radical (unpaired) electrons. The zero-order valence-corrected chi connectivity index (χ0v) is 16.8. The Kier molecular flexibility index (Phi) is 5.15. The molecule has 0 unspecified atom stereocenters. The van der Waals surface area contributed by atoms with Crippen molar-refractivity contribution in [3.63, 3.8) is 0 Å². The number of benzene rings is 1. The lowest BCUT2D eigenvalue weighted by Gasteiger charge is -2.57. The number of amides is 1. The Balaban J connectivity index is 1.71. The lowest BCUT2D eigenvalue weighted by molar-refractivity contribution is -0.0404. The summed E-state index contributed by atoms with van der Waals surface area (Å²) in [6.45, 7) is 1.08. The number of aromatic nitrogens is 1. The van der Waals surface area contributed by atoms with Gasteiger partial charge in [-0.15, -0.1) is 0 Å². The quantitative estimate of drug-likeness (QED) is 0.750. The summed E-state index contributed by atoms with van der Waals surface area (Å²) < 4.78 is 0. The molecule has 1 amide bonds. The van der Waals surface area contributed by atoms with Crippen molar-refractivity contribution in [1.82, 2.24) is 15.2 Å². The van der Waals surface area contributed by atoms with Gasteiger partial charge in [-0.05, 0) is 50.3 Å². The molecule has 4 nitrogen and oxygen atoms in total. The Morgan fingerprint density at radius 3 is 2.59 bits per heavy atom. The zero-order valence-electron chi connectivity index (χ0n) is 15.3. The topological polar surface area (TPSA) is 45.2 Å². The number of halogens is 2. The first-order valence-electron chi connectivity index (χ1n) is 9.38. The lowest BCUT2D eigenvalue weighted by Crippen LogP contribution is -2.62. The third kappa shape index (κ3) is 3.35. The van der Waals surface area contributed by atoms with Crippen molar-refractivity contribution in [2.75, 3.05) is 13.6 Å². The summed E-state index contributed by atoms with van der Waals surface area (Å²) in [5.74, 6) is 0.561. The molecule has 6 heteroatoms. The van der Waals surface area contributed by atoms with Gasteiger partial charge in [0, 0.05) is 18.3 Å². The molecule has 1 N–H and O–H groups in total. The van der Waals surface area contributed by atoms with E-state index in [9.17, 15) is 4.79 Å². The van der Waals surface area contributed by atoms with Gasteiger partial charge in [-0.3, -0.25) is 9.69 Å². The molecule has 1 saturated carbocycles. The molecule has 1 aromatic carbocycles. The minimum Gasteiger partial charge on any atom is -0.343 e. The van der Waals surface area contributed by atoms with Gasteiger partial charge in [0.1, 0.15) is 5.15 Å². The molecule has 2 aliphatic heterocycles. The predicted molar refractivity (Wildman–Crippen MR) is 108 cm³/mol. The van der Waals surface area contributed by atoms with E-state index in [0.29, 0.717) is 5.56 Å². The lowest BCUT2D eigenvalue weighted by atomic mass is 9.66. The van der Waals surface area contributed by atoms with Gasteiger partial charge in [-0.25, -0.2) is 4.98 Å². The molecule has 3 fully saturated rings. The number of pyridine rings is 1. The number of carbonyl (C=O) groups excluding carboxylic acids is 1. The Bertz CT molecular complexity index is 835. The van der Waals surface area contributed by atoms with Crippen molar-refractivity contribution < 1.29 is 4.79 Å². The molecule has 2 aromatic rings. The minimum absolute atomic E-state index is 0.0743. The number of hydrogen-bond donors (Lipinski definition) is 1. The normalized spacial score (nSPS) is 26.0. The summed E-state index contributed by atoms with van der Waals surface area (Å²) >= 11 is 12.3. The molecule has 2 saturated heterocycles. The van der Waals surface area contributed by atoms with Gasteiger partial charge in [0.25, 0.3) is 5.91 Å². The number of nitrogens with one attached hydrogen (secondary N) is 1. The van der Waals surface area contributed by atoms with Crippen LogP contribution in [0.25, 0.3) is 0 Å². The SMILES string of the molecule is CN1CC2CCC1([C@H](NC(=O)c1ccnc(Cl)c1Cl)c1ccccc1)CC2. The molecule has 1 atom stereocenters. The monoisotopic (exact) mass is 403 g/mol. The Morgan fingerprint density at radius 1 is 1.22 bits per heavy atom. The van der Waals surface area contributed by atoms with Crippen LogP contribution in [-0.2, 0) is 0 Å². The Morgan fingerprint density at radius 2 is 1.93 bits per heavy atom. The first kappa shape index (κ1) is 18.7. The van der Waals surface area contributed by atoms with Crippen molar-refractivity contribution >= 4 is 29.1 Å². The molecule has 0 spiro atoms. The largest absolute Gasteiger partial charge is 0.343 e. The van der Waals surface area contributed by atoms with Crippen LogP contribution in [0.3, 0.4) is 0 Å². The summed E-state index contributed by atoms with van der Waals surface area (Å²) in [5, 5.41) is 3.63. The fourth-order valence-corrected chi connectivity index (χ4v) is 5.15. The van der Waals surface area contributed by atoms with Crippen LogP contribution >= 0.6 is 23.2 Å². The van der Waals surface area contributed by atoms with E-state index in [0.717, 1.165) is 30.9 Å². The zero-order chi connectivity index (χ0) is 19.0. The van der Waals surface area contributed by atoms with Crippen LogP contribution in [-0.4, -0.2) is 34.9 Å². The second-order valence-corrected chi connectivity index (χ2v) is 8.44. The molecular weight excluding hydrogens is 381 g/mol. The number of nitrogens with zero attached hydrogens (tertiary/aromatic N) is 2. The smallest absolute Gasteiger partial charge is 0.253 e. The molecule has 3 aliphatic rings. The summed E-state index contributed by atoms with van der Waals surface area (Å²) in [5.41, 5.74) is 1.41. The third-order valence-electron chi connectivity index (χ3n) is 6.30. The number of hydrogen-bond acceptors (Lipinski definition) is 3. The van der Waals surface area contributed by atoms with Gasteiger partial charge in [0.2, 0.25) is 0 Å². The third-order valence-corrected chi connectivity index (χ3v) is 7.07. The fourth-order valence-electron chi connectivity index (χ4n) is 4.80. The maximum Gasteiger partial charge on any atom is 0.253 e. The van der Waals surface area contributed by atoms with Crippen LogP contribution in [0.15, 0.2) is 42.6 Å². The van der Waals surface area contributed by atoms with Crippen LogP contribution < -0.4 is 5.32 Å². The molecule has 1 aromatic heterocycles. The van der Waals surface area contributed by atoms with Gasteiger partial charge < -0.3 is 5.32 Å². The van der Waals surface area contributed by atoms with Crippen LogP contribution in [0.4, 0.5) is 0 Å². The number of piperidine rings is 2. The highest BCUT2D eigenvalue weighted by molar-refractivity contribution is 6.43. The summed E-state index contributed by atoms with van der Waals surface area (Å²) in [4.78, 5) is 19.5. The van der Waals surface area contributed by atoms with Gasteiger partial charge in [-0.2, -0.15) is 0 Å². The van der Waals surface area contributed by atoms with Gasteiger partial charge in [0.15, 0.2) is 0 Å². The summed E-state index contributed by atoms with van der Waals surface area (Å²) in [7, 11) is 2.18. The number of carbonyl (C=O) groups is 1. The van der Waals surface area contributed by atoms with E-state index in [4.69, 9.17) is 23.2 Å². The average molecular weight is 404 g/mol. The van der Waals surface area contributed by atoms with Crippen molar-refractivity contribution in [1.29, 1.82) is 0 Å². The Hall–Kier alpha value is -1.62. The molecule has 142 valence electrons. The highest BCUT2D eigenvalue weighted by Crippen LogP contribution is 2.49. The number of rotatable bonds is 4. The predicted octanol–water partition coefficient (Wildman–Crippen LogP) is 4.73. The molecule has 5 rings (SSSR count). The maximum atomic E-state index is 13.1. The Labute approximate surface area is 169 Å². The molecule has 27 heavy (non-hydrogen) atoms. The highest BCUT2D eigenvalue weighted by atomic mass is 35.5. The summed E-state index contributed by atoms with van der Waals surface area (Å²) in [6, 6.07) is 11.7. The fraction of sp³-hybridized carbons (Fsp3) is 0.429. The van der Waals surface area contributed by atoms with E-state index < -0.39 is 0 Å². The highest BCUT2D eigenvalue weighted by Gasteiger charge is 2.50. The first-order valence-corrected chi connectivity index (χ1v) is 10.1. The molecular formula is C21H23Cl2N3O. The van der Waals surface area contributed by atoms with Gasteiger partial charge >= 0.3 is 0 Å².